The van der Waals surface area contributed by atoms with Gasteiger partial charge in [-0.25, -0.2) is 9.97 Å². The molecule has 0 N–H and O–H groups in total. The SMILES string of the molecule is c1ccc(-c2nc3ccccc3o2)cc1.c1ccc(-c2nc3ccccc3s2)cc1. The van der Waals surface area contributed by atoms with Crippen molar-refractivity contribution in [2.75, 3.05) is 0 Å². The summed E-state index contributed by atoms with van der Waals surface area (Å²) >= 11 is 1.74. The Morgan fingerprint density at radius 2 is 1.13 bits per heavy atom. The van der Waals surface area contributed by atoms with E-state index in [1.807, 2.05) is 78.9 Å². The summed E-state index contributed by atoms with van der Waals surface area (Å²) in [6.45, 7) is 0. The molecule has 0 aliphatic carbocycles. The average Bonchev–Trinajstić information content (AvgIpc) is 3.45. The molecule has 0 spiro atoms. The van der Waals surface area contributed by atoms with Crippen molar-refractivity contribution in [2.24, 2.45) is 0 Å². The molecule has 0 radical (unpaired) electrons. The number of aromatic nitrogens is 2. The van der Waals surface area contributed by atoms with E-state index in [9.17, 15) is 0 Å². The Kier molecular flexibility index (Phi) is 5.06. The van der Waals surface area contributed by atoms with E-state index < -0.39 is 0 Å². The first-order valence-corrected chi connectivity index (χ1v) is 10.5. The number of nitrogens with zero attached hydrogens (tertiary/aromatic N) is 2. The fraction of sp³-hybridized carbons (Fsp3) is 0. The Bertz CT molecular complexity index is 1210. The van der Waals surface area contributed by atoms with Crippen molar-refractivity contribution in [3.63, 3.8) is 0 Å². The van der Waals surface area contributed by atoms with Crippen LogP contribution in [0.5, 0.6) is 0 Å². The van der Waals surface area contributed by atoms with Gasteiger partial charge < -0.3 is 4.42 Å². The van der Waals surface area contributed by atoms with Crippen molar-refractivity contribution in [3.05, 3.63) is 109 Å². The number of hydrogen-bond acceptors (Lipinski definition) is 4. The first-order chi connectivity index (χ1) is 14.9. The third kappa shape index (κ3) is 3.86. The van der Waals surface area contributed by atoms with E-state index in [0.29, 0.717) is 5.89 Å². The second-order valence-corrected chi connectivity index (χ2v) is 7.74. The number of benzene rings is 4. The minimum Gasteiger partial charge on any atom is -0.436 e. The molecular weight excluding hydrogens is 388 g/mol. The van der Waals surface area contributed by atoms with Gasteiger partial charge in [0.05, 0.1) is 10.2 Å². The van der Waals surface area contributed by atoms with Gasteiger partial charge in [0.2, 0.25) is 5.89 Å². The molecule has 0 unspecified atom stereocenters. The predicted octanol–water partition coefficient (Wildman–Crippen LogP) is 7.46. The standard InChI is InChI=1S/C13H9NO.C13H9NS/c2*1-2-6-10(7-3-1)13-14-11-8-4-5-9-12(11)15-13/h2*1-9H. The van der Waals surface area contributed by atoms with Crippen molar-refractivity contribution in [3.8, 4) is 22.0 Å². The maximum Gasteiger partial charge on any atom is 0.227 e. The van der Waals surface area contributed by atoms with Crippen LogP contribution in [-0.4, -0.2) is 9.97 Å². The smallest absolute Gasteiger partial charge is 0.227 e. The molecule has 3 nitrogen and oxygen atoms in total. The Labute approximate surface area is 178 Å². The Hall–Kier alpha value is -3.76. The molecule has 0 fully saturated rings. The summed E-state index contributed by atoms with van der Waals surface area (Å²) in [5.41, 5.74) is 5.02. The number of oxazole rings is 1. The van der Waals surface area contributed by atoms with Crippen LogP contribution < -0.4 is 0 Å². The van der Waals surface area contributed by atoms with Crippen LogP contribution in [0.4, 0.5) is 0 Å². The number of para-hydroxylation sites is 3. The van der Waals surface area contributed by atoms with Gasteiger partial charge in [-0.3, -0.25) is 0 Å². The average molecular weight is 407 g/mol. The topological polar surface area (TPSA) is 38.9 Å². The molecule has 4 heteroatoms. The van der Waals surface area contributed by atoms with Crippen molar-refractivity contribution in [1.29, 1.82) is 0 Å². The molecule has 0 atom stereocenters. The van der Waals surface area contributed by atoms with Crippen molar-refractivity contribution in [2.45, 2.75) is 0 Å². The minimum absolute atomic E-state index is 0.678. The summed E-state index contributed by atoms with van der Waals surface area (Å²) in [6.07, 6.45) is 0. The zero-order valence-electron chi connectivity index (χ0n) is 16.1. The van der Waals surface area contributed by atoms with Crippen LogP contribution in [0.25, 0.3) is 43.3 Å². The van der Waals surface area contributed by atoms with Crippen LogP contribution in [0.3, 0.4) is 0 Å². The highest BCUT2D eigenvalue weighted by atomic mass is 32.1. The van der Waals surface area contributed by atoms with Crippen LogP contribution in [-0.2, 0) is 0 Å². The molecule has 2 aromatic heterocycles. The molecule has 0 saturated carbocycles. The van der Waals surface area contributed by atoms with E-state index in [1.54, 1.807) is 11.3 Å². The lowest BCUT2D eigenvalue weighted by atomic mass is 10.2. The first-order valence-electron chi connectivity index (χ1n) is 9.69. The molecule has 0 aliphatic rings. The first kappa shape index (κ1) is 18.3. The van der Waals surface area contributed by atoms with Crippen molar-refractivity contribution >= 4 is 32.7 Å². The summed E-state index contributed by atoms with van der Waals surface area (Å²) < 4.78 is 6.89. The van der Waals surface area contributed by atoms with Gasteiger partial charge in [-0.15, -0.1) is 11.3 Å². The quantitative estimate of drug-likeness (QED) is 0.300. The molecule has 0 saturated heterocycles. The number of fused-ring (bicyclic) bond motifs is 2. The lowest BCUT2D eigenvalue weighted by Crippen LogP contribution is -1.74. The Balaban J connectivity index is 0.000000128. The highest BCUT2D eigenvalue weighted by molar-refractivity contribution is 7.21. The molecule has 6 rings (SSSR count). The zero-order chi connectivity index (χ0) is 20.2. The van der Waals surface area contributed by atoms with Crippen LogP contribution in [0, 0.1) is 0 Å². The molecule has 2 heterocycles. The summed E-state index contributed by atoms with van der Waals surface area (Å²) in [5, 5.41) is 1.09. The van der Waals surface area contributed by atoms with Gasteiger partial charge in [-0.1, -0.05) is 72.8 Å². The molecule has 0 bridgehead atoms. The fourth-order valence-corrected chi connectivity index (χ4v) is 4.12. The Morgan fingerprint density at radius 3 is 1.83 bits per heavy atom. The van der Waals surface area contributed by atoms with Crippen LogP contribution >= 0.6 is 11.3 Å². The number of rotatable bonds is 2. The van der Waals surface area contributed by atoms with E-state index in [0.717, 1.165) is 27.2 Å². The van der Waals surface area contributed by atoms with E-state index in [-0.39, 0.29) is 0 Å². The van der Waals surface area contributed by atoms with Crippen LogP contribution in [0.1, 0.15) is 0 Å². The van der Waals surface area contributed by atoms with Gasteiger partial charge in [0, 0.05) is 11.1 Å². The molecule has 144 valence electrons. The Morgan fingerprint density at radius 1 is 0.533 bits per heavy atom. The molecule has 0 amide bonds. The van der Waals surface area contributed by atoms with Crippen molar-refractivity contribution < 1.29 is 4.42 Å². The van der Waals surface area contributed by atoms with E-state index in [2.05, 4.69) is 40.3 Å². The summed E-state index contributed by atoms with van der Waals surface area (Å²) in [7, 11) is 0. The maximum absolute atomic E-state index is 5.64. The molecule has 30 heavy (non-hydrogen) atoms. The normalized spacial score (nSPS) is 10.7. The number of hydrogen-bond donors (Lipinski definition) is 0. The third-order valence-electron chi connectivity index (χ3n) is 4.63. The maximum atomic E-state index is 5.64. The predicted molar refractivity (Wildman–Crippen MR) is 125 cm³/mol. The molecular formula is C26H18N2OS. The van der Waals surface area contributed by atoms with Gasteiger partial charge in [0.25, 0.3) is 0 Å². The van der Waals surface area contributed by atoms with Gasteiger partial charge in [0.15, 0.2) is 5.58 Å². The highest BCUT2D eigenvalue weighted by Gasteiger charge is 2.06. The fourth-order valence-electron chi connectivity index (χ4n) is 3.15. The second-order valence-electron chi connectivity index (χ2n) is 6.71. The summed E-state index contributed by atoms with van der Waals surface area (Å²) in [6, 6.07) is 36.2. The van der Waals surface area contributed by atoms with E-state index in [1.165, 1.54) is 10.3 Å². The third-order valence-corrected chi connectivity index (χ3v) is 5.71. The summed E-state index contributed by atoms with van der Waals surface area (Å²) in [4.78, 5) is 9.02. The molecule has 4 aromatic carbocycles. The monoisotopic (exact) mass is 406 g/mol. The van der Waals surface area contributed by atoms with Gasteiger partial charge in [-0.05, 0) is 36.4 Å². The highest BCUT2D eigenvalue weighted by Crippen LogP contribution is 2.29. The molecule has 6 aromatic rings. The van der Waals surface area contributed by atoms with Crippen molar-refractivity contribution in [1.82, 2.24) is 9.97 Å². The number of thiazole rings is 1. The van der Waals surface area contributed by atoms with Gasteiger partial charge in [0.1, 0.15) is 10.5 Å². The second kappa shape index (κ2) is 8.31. The zero-order valence-corrected chi connectivity index (χ0v) is 16.9. The largest absolute Gasteiger partial charge is 0.436 e. The van der Waals surface area contributed by atoms with E-state index in [4.69, 9.17) is 4.42 Å². The lowest BCUT2D eigenvalue weighted by molar-refractivity contribution is 0.620. The van der Waals surface area contributed by atoms with Crippen LogP contribution in [0.2, 0.25) is 0 Å². The van der Waals surface area contributed by atoms with Gasteiger partial charge in [-0.2, -0.15) is 0 Å². The lowest BCUT2D eigenvalue weighted by Gasteiger charge is -1.92. The van der Waals surface area contributed by atoms with Gasteiger partial charge >= 0.3 is 0 Å². The molecule has 0 aliphatic heterocycles. The van der Waals surface area contributed by atoms with Crippen LogP contribution in [0.15, 0.2) is 114 Å². The minimum atomic E-state index is 0.678. The van der Waals surface area contributed by atoms with E-state index >= 15 is 0 Å². The summed E-state index contributed by atoms with van der Waals surface area (Å²) in [5.74, 6) is 0.678.